The molecule has 92 valence electrons. The SMILES string of the molecule is Cc1ccsc1/C=N/NC(=O)c1cccc(F)c1. The van der Waals surface area contributed by atoms with E-state index in [1.807, 2.05) is 18.4 Å². The third-order valence-corrected chi connectivity index (χ3v) is 3.29. The fourth-order valence-corrected chi connectivity index (χ4v) is 2.15. The highest BCUT2D eigenvalue weighted by Crippen LogP contribution is 2.12. The highest BCUT2D eigenvalue weighted by atomic mass is 32.1. The van der Waals surface area contributed by atoms with Gasteiger partial charge in [0.15, 0.2) is 0 Å². The standard InChI is InChI=1S/C13H11FN2OS/c1-9-5-6-18-12(9)8-15-16-13(17)10-3-2-4-11(14)7-10/h2-8H,1H3,(H,16,17)/b15-8+. The van der Waals surface area contributed by atoms with Crippen LogP contribution in [-0.2, 0) is 0 Å². The zero-order valence-corrected chi connectivity index (χ0v) is 10.5. The Hall–Kier alpha value is -2.01. The number of hydrogen-bond donors (Lipinski definition) is 1. The molecule has 0 spiro atoms. The Bertz CT molecular complexity index is 592. The Morgan fingerprint density at radius 3 is 2.94 bits per heavy atom. The van der Waals surface area contributed by atoms with Crippen LogP contribution in [0.4, 0.5) is 4.39 Å². The van der Waals surface area contributed by atoms with Gasteiger partial charge in [-0.15, -0.1) is 11.3 Å². The van der Waals surface area contributed by atoms with E-state index >= 15 is 0 Å². The number of carbonyl (C=O) groups excluding carboxylic acids is 1. The van der Waals surface area contributed by atoms with Crippen LogP contribution in [0.15, 0.2) is 40.8 Å². The molecule has 0 unspecified atom stereocenters. The first kappa shape index (κ1) is 12.4. The van der Waals surface area contributed by atoms with E-state index in [1.165, 1.54) is 35.6 Å². The second-order valence-corrected chi connectivity index (χ2v) is 4.63. The van der Waals surface area contributed by atoms with Gasteiger partial charge in [0.05, 0.1) is 6.21 Å². The molecule has 1 aromatic heterocycles. The lowest BCUT2D eigenvalue weighted by molar-refractivity contribution is 0.0954. The van der Waals surface area contributed by atoms with Crippen molar-refractivity contribution in [2.75, 3.05) is 0 Å². The van der Waals surface area contributed by atoms with Crippen molar-refractivity contribution in [2.24, 2.45) is 5.10 Å². The zero-order valence-electron chi connectivity index (χ0n) is 9.68. The summed E-state index contributed by atoms with van der Waals surface area (Å²) in [6, 6.07) is 7.44. The highest BCUT2D eigenvalue weighted by molar-refractivity contribution is 7.11. The summed E-state index contributed by atoms with van der Waals surface area (Å²) in [5.74, 6) is -0.874. The van der Waals surface area contributed by atoms with Gasteiger partial charge in [0, 0.05) is 10.4 Å². The molecule has 0 saturated heterocycles. The van der Waals surface area contributed by atoms with Gasteiger partial charge in [-0.2, -0.15) is 5.10 Å². The van der Waals surface area contributed by atoms with Crippen LogP contribution < -0.4 is 5.43 Å². The molecule has 0 saturated carbocycles. The summed E-state index contributed by atoms with van der Waals surface area (Å²) in [7, 11) is 0. The van der Waals surface area contributed by atoms with Crippen molar-refractivity contribution in [3.63, 3.8) is 0 Å². The van der Waals surface area contributed by atoms with Crippen LogP contribution in [0.1, 0.15) is 20.8 Å². The molecule has 5 heteroatoms. The van der Waals surface area contributed by atoms with E-state index in [1.54, 1.807) is 6.21 Å². The third-order valence-electron chi connectivity index (χ3n) is 2.34. The molecule has 0 bridgehead atoms. The predicted molar refractivity (Wildman–Crippen MR) is 70.5 cm³/mol. The van der Waals surface area contributed by atoms with Crippen LogP contribution in [0, 0.1) is 12.7 Å². The number of benzene rings is 1. The quantitative estimate of drug-likeness (QED) is 0.670. The molecule has 0 fully saturated rings. The topological polar surface area (TPSA) is 41.5 Å². The zero-order chi connectivity index (χ0) is 13.0. The Morgan fingerprint density at radius 2 is 2.28 bits per heavy atom. The van der Waals surface area contributed by atoms with E-state index in [4.69, 9.17) is 0 Å². The Morgan fingerprint density at radius 1 is 1.44 bits per heavy atom. The number of carbonyl (C=O) groups is 1. The Balaban J connectivity index is 2.01. The normalized spacial score (nSPS) is 10.8. The summed E-state index contributed by atoms with van der Waals surface area (Å²) in [4.78, 5) is 12.6. The first-order valence-electron chi connectivity index (χ1n) is 5.30. The van der Waals surface area contributed by atoms with E-state index in [0.717, 1.165) is 10.4 Å². The molecule has 1 heterocycles. The Labute approximate surface area is 108 Å². The van der Waals surface area contributed by atoms with Gasteiger partial charge >= 0.3 is 0 Å². The fraction of sp³-hybridized carbons (Fsp3) is 0.0769. The molecule has 3 nitrogen and oxygen atoms in total. The monoisotopic (exact) mass is 262 g/mol. The summed E-state index contributed by atoms with van der Waals surface area (Å²) in [5, 5.41) is 5.79. The molecule has 2 rings (SSSR count). The van der Waals surface area contributed by atoms with E-state index < -0.39 is 11.7 Å². The second-order valence-electron chi connectivity index (χ2n) is 3.68. The van der Waals surface area contributed by atoms with Gasteiger partial charge in [-0.3, -0.25) is 4.79 Å². The largest absolute Gasteiger partial charge is 0.271 e. The maximum absolute atomic E-state index is 12.9. The predicted octanol–water partition coefficient (Wildman–Crippen LogP) is 2.96. The molecule has 2 aromatic rings. The third kappa shape index (κ3) is 3.01. The molecule has 0 aliphatic carbocycles. The number of amides is 1. The second kappa shape index (κ2) is 5.55. The van der Waals surface area contributed by atoms with Crippen LogP contribution in [0.5, 0.6) is 0 Å². The van der Waals surface area contributed by atoms with Gasteiger partial charge in [0.2, 0.25) is 0 Å². The van der Waals surface area contributed by atoms with Gasteiger partial charge in [-0.05, 0) is 42.1 Å². The summed E-state index contributed by atoms with van der Waals surface area (Å²) < 4.78 is 12.9. The lowest BCUT2D eigenvalue weighted by atomic mass is 10.2. The molecule has 1 amide bonds. The summed E-state index contributed by atoms with van der Waals surface area (Å²) in [6.45, 7) is 1.96. The van der Waals surface area contributed by atoms with Crippen molar-refractivity contribution >= 4 is 23.5 Å². The number of rotatable bonds is 3. The van der Waals surface area contributed by atoms with Crippen LogP contribution >= 0.6 is 11.3 Å². The van der Waals surface area contributed by atoms with Gasteiger partial charge in [0.1, 0.15) is 5.82 Å². The van der Waals surface area contributed by atoms with Gasteiger partial charge < -0.3 is 0 Å². The van der Waals surface area contributed by atoms with Crippen molar-refractivity contribution in [3.8, 4) is 0 Å². The van der Waals surface area contributed by atoms with E-state index in [0.29, 0.717) is 0 Å². The average molecular weight is 262 g/mol. The number of aryl methyl sites for hydroxylation is 1. The maximum Gasteiger partial charge on any atom is 0.271 e. The fourth-order valence-electron chi connectivity index (χ4n) is 1.36. The minimum Gasteiger partial charge on any atom is -0.267 e. The molecular weight excluding hydrogens is 251 g/mol. The highest BCUT2D eigenvalue weighted by Gasteiger charge is 2.04. The maximum atomic E-state index is 12.9. The van der Waals surface area contributed by atoms with Gasteiger partial charge in [-0.1, -0.05) is 6.07 Å². The number of nitrogens with zero attached hydrogens (tertiary/aromatic N) is 1. The van der Waals surface area contributed by atoms with E-state index in [9.17, 15) is 9.18 Å². The summed E-state index contributed by atoms with van der Waals surface area (Å²) in [5.41, 5.74) is 3.71. The van der Waals surface area contributed by atoms with Crippen LogP contribution in [-0.4, -0.2) is 12.1 Å². The molecule has 0 radical (unpaired) electrons. The van der Waals surface area contributed by atoms with Crippen LogP contribution in [0.2, 0.25) is 0 Å². The van der Waals surface area contributed by atoms with Crippen LogP contribution in [0.25, 0.3) is 0 Å². The molecule has 1 aromatic carbocycles. The van der Waals surface area contributed by atoms with Crippen molar-refractivity contribution in [1.29, 1.82) is 0 Å². The summed E-state index contributed by atoms with van der Waals surface area (Å²) >= 11 is 1.54. The lowest BCUT2D eigenvalue weighted by Crippen LogP contribution is -2.17. The van der Waals surface area contributed by atoms with Crippen molar-refractivity contribution in [3.05, 3.63) is 57.5 Å². The van der Waals surface area contributed by atoms with Gasteiger partial charge in [0.25, 0.3) is 5.91 Å². The molecular formula is C13H11FN2OS. The smallest absolute Gasteiger partial charge is 0.267 e. The number of hydrogen-bond acceptors (Lipinski definition) is 3. The minimum atomic E-state index is -0.444. The lowest BCUT2D eigenvalue weighted by Gasteiger charge is -1.99. The first-order valence-corrected chi connectivity index (χ1v) is 6.18. The average Bonchev–Trinajstić information content (AvgIpc) is 2.75. The van der Waals surface area contributed by atoms with E-state index in [-0.39, 0.29) is 5.56 Å². The molecule has 1 N–H and O–H groups in total. The minimum absolute atomic E-state index is 0.245. The Kier molecular flexibility index (Phi) is 3.84. The molecule has 0 aliphatic heterocycles. The van der Waals surface area contributed by atoms with E-state index in [2.05, 4.69) is 10.5 Å². The van der Waals surface area contributed by atoms with Crippen molar-refractivity contribution in [1.82, 2.24) is 5.43 Å². The number of nitrogens with one attached hydrogen (secondary N) is 1. The number of thiophene rings is 1. The van der Waals surface area contributed by atoms with Gasteiger partial charge in [-0.25, -0.2) is 9.82 Å². The van der Waals surface area contributed by atoms with Crippen molar-refractivity contribution < 1.29 is 9.18 Å². The number of halogens is 1. The molecule has 0 atom stereocenters. The molecule has 18 heavy (non-hydrogen) atoms. The number of hydrazone groups is 1. The van der Waals surface area contributed by atoms with Crippen molar-refractivity contribution in [2.45, 2.75) is 6.92 Å². The first-order chi connectivity index (χ1) is 8.66. The summed E-state index contributed by atoms with van der Waals surface area (Å²) in [6.07, 6.45) is 1.58. The molecule has 0 aliphatic rings. The van der Waals surface area contributed by atoms with Crippen LogP contribution in [0.3, 0.4) is 0 Å².